The van der Waals surface area contributed by atoms with Crippen LogP contribution in [0.15, 0.2) is 84.9 Å². The molecule has 0 spiro atoms. The van der Waals surface area contributed by atoms with E-state index >= 15 is 0 Å². The Morgan fingerprint density at radius 2 is 1.59 bits per heavy atom. The highest BCUT2D eigenvalue weighted by molar-refractivity contribution is 5.87. The maximum Gasteiger partial charge on any atom is 0.00983 e. The van der Waals surface area contributed by atoms with E-state index in [1.165, 1.54) is 63.4 Å². The molecule has 4 aromatic rings. The molecule has 0 aliphatic heterocycles. The van der Waals surface area contributed by atoms with Gasteiger partial charge in [-0.25, -0.2) is 0 Å². The van der Waals surface area contributed by atoms with Crippen LogP contribution >= 0.6 is 0 Å². The molecule has 0 heterocycles. The molecule has 132 valence electrons. The predicted octanol–water partition coefficient (Wildman–Crippen LogP) is 7.28. The standard InChI is InChI=1S/C27H24/c1-19-13-15-24-22(17-19)9-5-11-26(24)27-12-6-10-23-18-21(14-16-25(23)27)20-7-3-2-4-8-20/h2-5,7-9,11,13-18,27H,6,10,12H2,1H3. The van der Waals surface area contributed by atoms with Gasteiger partial charge in [-0.05, 0) is 64.8 Å². The Labute approximate surface area is 161 Å². The summed E-state index contributed by atoms with van der Waals surface area (Å²) in [5, 5.41) is 2.77. The molecule has 1 aliphatic rings. The summed E-state index contributed by atoms with van der Waals surface area (Å²) >= 11 is 0. The van der Waals surface area contributed by atoms with Crippen molar-refractivity contribution in [3.05, 3.63) is 107 Å². The maximum absolute atomic E-state index is 2.42. The molecule has 5 rings (SSSR count). The van der Waals surface area contributed by atoms with Gasteiger partial charge in [-0.3, -0.25) is 0 Å². The Balaban J connectivity index is 1.61. The number of fused-ring (bicyclic) bond motifs is 2. The summed E-state index contributed by atoms with van der Waals surface area (Å²) in [5.74, 6) is 0.505. The molecule has 0 saturated carbocycles. The molecule has 1 aliphatic carbocycles. The molecular formula is C27H24. The fourth-order valence-electron chi connectivity index (χ4n) is 4.68. The summed E-state index contributed by atoms with van der Waals surface area (Å²) in [6.45, 7) is 2.17. The molecular weight excluding hydrogens is 324 g/mol. The van der Waals surface area contributed by atoms with E-state index < -0.39 is 0 Å². The number of hydrogen-bond donors (Lipinski definition) is 0. The second-order valence-corrected chi connectivity index (χ2v) is 7.80. The molecule has 0 nitrogen and oxygen atoms in total. The first-order valence-electron chi connectivity index (χ1n) is 9.97. The van der Waals surface area contributed by atoms with Crippen molar-refractivity contribution in [1.29, 1.82) is 0 Å². The SMILES string of the molecule is Cc1ccc2c(C3CCCc4cc(-c5ccccc5)ccc43)cccc2c1. The van der Waals surface area contributed by atoms with Crippen LogP contribution in [0.2, 0.25) is 0 Å². The van der Waals surface area contributed by atoms with Crippen LogP contribution in [0.3, 0.4) is 0 Å². The third kappa shape index (κ3) is 2.96. The minimum absolute atomic E-state index is 0.505. The monoisotopic (exact) mass is 348 g/mol. The third-order valence-corrected chi connectivity index (χ3v) is 6.01. The first-order valence-corrected chi connectivity index (χ1v) is 9.97. The molecule has 1 unspecified atom stereocenters. The van der Waals surface area contributed by atoms with Crippen molar-refractivity contribution in [1.82, 2.24) is 0 Å². The van der Waals surface area contributed by atoms with Gasteiger partial charge in [0.05, 0.1) is 0 Å². The van der Waals surface area contributed by atoms with Crippen LogP contribution in [0.5, 0.6) is 0 Å². The molecule has 0 amide bonds. The quantitative estimate of drug-likeness (QED) is 0.357. The van der Waals surface area contributed by atoms with E-state index in [9.17, 15) is 0 Å². The highest BCUT2D eigenvalue weighted by Crippen LogP contribution is 2.40. The highest BCUT2D eigenvalue weighted by Gasteiger charge is 2.23. The number of rotatable bonds is 2. The van der Waals surface area contributed by atoms with Crippen LogP contribution in [0.4, 0.5) is 0 Å². The van der Waals surface area contributed by atoms with Gasteiger partial charge in [0, 0.05) is 5.92 Å². The molecule has 0 heteroatoms. The van der Waals surface area contributed by atoms with E-state index in [0.717, 1.165) is 0 Å². The molecule has 0 fully saturated rings. The molecule has 0 radical (unpaired) electrons. The number of aryl methyl sites for hydroxylation is 2. The van der Waals surface area contributed by atoms with Crippen LogP contribution in [-0.4, -0.2) is 0 Å². The molecule has 4 aromatic carbocycles. The van der Waals surface area contributed by atoms with Gasteiger partial charge in [-0.15, -0.1) is 0 Å². The molecule has 1 atom stereocenters. The first kappa shape index (κ1) is 16.3. The molecule has 0 saturated heterocycles. The lowest BCUT2D eigenvalue weighted by molar-refractivity contribution is 0.619. The van der Waals surface area contributed by atoms with Gasteiger partial charge in [0.2, 0.25) is 0 Å². The normalized spacial score (nSPS) is 16.3. The maximum atomic E-state index is 2.42. The second-order valence-electron chi connectivity index (χ2n) is 7.80. The Bertz CT molecular complexity index is 1110. The average molecular weight is 348 g/mol. The zero-order valence-corrected chi connectivity index (χ0v) is 15.8. The number of benzene rings is 4. The first-order chi connectivity index (χ1) is 13.3. The Morgan fingerprint density at radius 1 is 0.704 bits per heavy atom. The van der Waals surface area contributed by atoms with Crippen molar-refractivity contribution in [2.45, 2.75) is 32.1 Å². The lowest BCUT2D eigenvalue weighted by Crippen LogP contribution is -2.11. The van der Waals surface area contributed by atoms with Gasteiger partial charge in [0.15, 0.2) is 0 Å². The largest absolute Gasteiger partial charge is 0.0622 e. The molecule has 0 N–H and O–H groups in total. The summed E-state index contributed by atoms with van der Waals surface area (Å²) in [6, 6.07) is 31.5. The smallest absolute Gasteiger partial charge is 0.00983 e. The average Bonchev–Trinajstić information content (AvgIpc) is 2.73. The lowest BCUT2D eigenvalue weighted by Gasteiger charge is -2.27. The van der Waals surface area contributed by atoms with Crippen LogP contribution in [0.25, 0.3) is 21.9 Å². The second kappa shape index (κ2) is 6.70. The summed E-state index contributed by atoms with van der Waals surface area (Å²) in [7, 11) is 0. The summed E-state index contributed by atoms with van der Waals surface area (Å²) < 4.78 is 0. The van der Waals surface area contributed by atoms with Gasteiger partial charge in [0.1, 0.15) is 0 Å². The summed E-state index contributed by atoms with van der Waals surface area (Å²) in [6.07, 6.45) is 3.69. The minimum atomic E-state index is 0.505. The van der Waals surface area contributed by atoms with E-state index in [2.05, 4.69) is 91.9 Å². The van der Waals surface area contributed by atoms with Gasteiger partial charge in [-0.2, -0.15) is 0 Å². The third-order valence-electron chi connectivity index (χ3n) is 6.01. The van der Waals surface area contributed by atoms with Gasteiger partial charge < -0.3 is 0 Å². The number of hydrogen-bond acceptors (Lipinski definition) is 0. The summed E-state index contributed by atoms with van der Waals surface area (Å²) in [5.41, 5.74) is 8.51. The fourth-order valence-corrected chi connectivity index (χ4v) is 4.68. The van der Waals surface area contributed by atoms with Crippen LogP contribution < -0.4 is 0 Å². The Kier molecular flexibility index (Phi) is 4.05. The van der Waals surface area contributed by atoms with Crippen LogP contribution in [-0.2, 0) is 6.42 Å². The van der Waals surface area contributed by atoms with E-state index in [1.54, 1.807) is 0 Å². The highest BCUT2D eigenvalue weighted by atomic mass is 14.3. The van der Waals surface area contributed by atoms with Crippen LogP contribution in [0.1, 0.15) is 41.0 Å². The van der Waals surface area contributed by atoms with Crippen molar-refractivity contribution < 1.29 is 0 Å². The van der Waals surface area contributed by atoms with E-state index in [-0.39, 0.29) is 0 Å². The van der Waals surface area contributed by atoms with Crippen molar-refractivity contribution in [3.63, 3.8) is 0 Å². The van der Waals surface area contributed by atoms with Crippen molar-refractivity contribution in [3.8, 4) is 11.1 Å². The van der Waals surface area contributed by atoms with Gasteiger partial charge in [-0.1, -0.05) is 90.5 Å². The molecule has 0 aromatic heterocycles. The van der Waals surface area contributed by atoms with Crippen LogP contribution in [0, 0.1) is 6.92 Å². The van der Waals surface area contributed by atoms with E-state index in [0.29, 0.717) is 5.92 Å². The topological polar surface area (TPSA) is 0 Å². The Hall–Kier alpha value is -2.86. The fraction of sp³-hybridized carbons (Fsp3) is 0.185. The molecule has 27 heavy (non-hydrogen) atoms. The van der Waals surface area contributed by atoms with Gasteiger partial charge >= 0.3 is 0 Å². The predicted molar refractivity (Wildman–Crippen MR) is 115 cm³/mol. The van der Waals surface area contributed by atoms with E-state index in [1.807, 2.05) is 0 Å². The lowest BCUT2D eigenvalue weighted by atomic mass is 9.77. The zero-order valence-electron chi connectivity index (χ0n) is 15.8. The van der Waals surface area contributed by atoms with E-state index in [4.69, 9.17) is 0 Å². The van der Waals surface area contributed by atoms with Gasteiger partial charge in [0.25, 0.3) is 0 Å². The molecule has 0 bridgehead atoms. The van der Waals surface area contributed by atoms with Crippen molar-refractivity contribution >= 4 is 10.8 Å². The Morgan fingerprint density at radius 3 is 2.48 bits per heavy atom. The zero-order chi connectivity index (χ0) is 18.2. The van der Waals surface area contributed by atoms with Crippen molar-refractivity contribution in [2.24, 2.45) is 0 Å². The minimum Gasteiger partial charge on any atom is -0.0622 e. The van der Waals surface area contributed by atoms with Crippen molar-refractivity contribution in [2.75, 3.05) is 0 Å². The summed E-state index contributed by atoms with van der Waals surface area (Å²) in [4.78, 5) is 0.